The van der Waals surface area contributed by atoms with Crippen LogP contribution in [0.25, 0.3) is 10.9 Å². The van der Waals surface area contributed by atoms with E-state index in [1.54, 1.807) is 18.2 Å². The van der Waals surface area contributed by atoms with Crippen molar-refractivity contribution in [3.05, 3.63) is 59.9 Å². The Bertz CT molecular complexity index is 1380. The van der Waals surface area contributed by atoms with Gasteiger partial charge in [-0.15, -0.1) is 6.42 Å². The molecule has 1 aliphatic heterocycles. The summed E-state index contributed by atoms with van der Waals surface area (Å²) in [5, 5.41) is 6.13. The number of aromatic nitrogens is 2. The number of hydrogen-bond donors (Lipinski definition) is 2. The van der Waals surface area contributed by atoms with Crippen molar-refractivity contribution in [2.45, 2.75) is 26.4 Å². The molecule has 0 bridgehead atoms. The second-order valence-electron chi connectivity index (χ2n) is 8.66. The van der Waals surface area contributed by atoms with Crippen LogP contribution in [-0.4, -0.2) is 59.7 Å². The summed E-state index contributed by atoms with van der Waals surface area (Å²) >= 11 is 0. The summed E-state index contributed by atoms with van der Waals surface area (Å²) in [6, 6.07) is 5.56. The van der Waals surface area contributed by atoms with E-state index < -0.39 is 11.6 Å². The lowest BCUT2D eigenvalue weighted by atomic mass is 10.1. The molecule has 3 aromatic rings. The number of ether oxygens (including phenoxy) is 2. The lowest BCUT2D eigenvalue weighted by molar-refractivity contribution is -0.111. The second kappa shape index (κ2) is 12.4. The Kier molecular flexibility index (Phi) is 8.84. The molecule has 1 fully saturated rings. The molecule has 198 valence electrons. The van der Waals surface area contributed by atoms with Crippen LogP contribution in [0.5, 0.6) is 5.75 Å². The molecule has 2 aromatic carbocycles. The molecule has 1 aliphatic rings. The normalized spacial score (nSPS) is 15.2. The van der Waals surface area contributed by atoms with E-state index in [0.29, 0.717) is 48.5 Å². The third kappa shape index (κ3) is 6.43. The van der Waals surface area contributed by atoms with Gasteiger partial charge in [0.15, 0.2) is 11.6 Å². The molecule has 0 spiro atoms. The summed E-state index contributed by atoms with van der Waals surface area (Å²) in [4.78, 5) is 23.5. The second-order valence-corrected chi connectivity index (χ2v) is 8.66. The smallest absolute Gasteiger partial charge is 0.248 e. The number of benzene rings is 2. The van der Waals surface area contributed by atoms with Gasteiger partial charge in [-0.25, -0.2) is 18.7 Å². The predicted octanol–water partition coefficient (Wildman–Crippen LogP) is 4.64. The van der Waals surface area contributed by atoms with Gasteiger partial charge in [-0.2, -0.15) is 0 Å². The van der Waals surface area contributed by atoms with Crippen molar-refractivity contribution in [2.24, 2.45) is 0 Å². The number of carbonyl (C=O) groups excluding carboxylic acids is 1. The number of halogens is 2. The minimum absolute atomic E-state index is 0.170. The van der Waals surface area contributed by atoms with Crippen molar-refractivity contribution >= 4 is 34.0 Å². The molecule has 2 N–H and O–H groups in total. The standard InChI is InChI=1S/C28H29F2N5O3/c1-4-18-12-21(29)27(30)24(13-18)34-28-20-14-23(33-26(36)8-7-10-35(5-2)6-3)25(15-22(20)31-17-32-28)38-19-9-11-37-16-19/h1,7-8,12-15,17,19H,5-6,9-11,16H2,2-3H3,(H,33,36)(H,31,32,34). The van der Waals surface area contributed by atoms with E-state index in [2.05, 4.69) is 45.3 Å². The zero-order valence-electron chi connectivity index (χ0n) is 21.3. The van der Waals surface area contributed by atoms with Crippen LogP contribution in [0.15, 0.2) is 42.7 Å². The van der Waals surface area contributed by atoms with Gasteiger partial charge < -0.3 is 25.0 Å². The topological polar surface area (TPSA) is 88.6 Å². The third-order valence-electron chi connectivity index (χ3n) is 6.15. The van der Waals surface area contributed by atoms with Gasteiger partial charge in [-0.05, 0) is 31.3 Å². The van der Waals surface area contributed by atoms with E-state index in [4.69, 9.17) is 15.9 Å². The Morgan fingerprint density at radius 3 is 2.76 bits per heavy atom. The van der Waals surface area contributed by atoms with Gasteiger partial charge in [-0.3, -0.25) is 4.79 Å². The number of nitrogens with one attached hydrogen (secondary N) is 2. The molecule has 1 amide bonds. The van der Waals surface area contributed by atoms with E-state index in [0.717, 1.165) is 19.2 Å². The van der Waals surface area contributed by atoms with Crippen LogP contribution in [0.2, 0.25) is 0 Å². The van der Waals surface area contributed by atoms with Gasteiger partial charge >= 0.3 is 0 Å². The minimum Gasteiger partial charge on any atom is -0.486 e. The lowest BCUT2D eigenvalue weighted by Gasteiger charge is -2.18. The number of anilines is 3. The molecule has 10 heteroatoms. The van der Waals surface area contributed by atoms with Crippen LogP contribution < -0.4 is 15.4 Å². The monoisotopic (exact) mass is 521 g/mol. The molecular formula is C28H29F2N5O3. The average Bonchev–Trinajstić information content (AvgIpc) is 3.43. The van der Waals surface area contributed by atoms with Crippen LogP contribution in [0.4, 0.5) is 26.0 Å². The van der Waals surface area contributed by atoms with Gasteiger partial charge in [0, 0.05) is 36.1 Å². The highest BCUT2D eigenvalue weighted by molar-refractivity contribution is 6.03. The van der Waals surface area contributed by atoms with Crippen LogP contribution in [0.3, 0.4) is 0 Å². The molecule has 2 heterocycles. The molecule has 1 aromatic heterocycles. The Labute approximate surface area is 220 Å². The highest BCUT2D eigenvalue weighted by Crippen LogP contribution is 2.35. The summed E-state index contributed by atoms with van der Waals surface area (Å²) in [6.07, 6.45) is 10.5. The number of likely N-dealkylation sites (N-methyl/N-ethyl adjacent to an activating group) is 1. The van der Waals surface area contributed by atoms with Crippen molar-refractivity contribution in [1.82, 2.24) is 14.9 Å². The highest BCUT2D eigenvalue weighted by Gasteiger charge is 2.21. The van der Waals surface area contributed by atoms with Crippen LogP contribution in [0.1, 0.15) is 25.8 Å². The zero-order chi connectivity index (χ0) is 27.1. The quantitative estimate of drug-likeness (QED) is 0.297. The molecule has 0 aliphatic carbocycles. The molecule has 8 nitrogen and oxygen atoms in total. The Morgan fingerprint density at radius 1 is 1.24 bits per heavy atom. The summed E-state index contributed by atoms with van der Waals surface area (Å²) in [5.41, 5.74) is 0.847. The fourth-order valence-corrected chi connectivity index (χ4v) is 4.02. The Balaban J connectivity index is 1.69. The SMILES string of the molecule is C#Cc1cc(F)c(F)c(Nc2ncnc3cc(OC4CCOC4)c(NC(=O)C=CCN(CC)CC)cc23)c1. The minimum atomic E-state index is -1.09. The van der Waals surface area contributed by atoms with E-state index >= 15 is 0 Å². The molecule has 1 unspecified atom stereocenters. The Morgan fingerprint density at radius 2 is 2.05 bits per heavy atom. The van der Waals surface area contributed by atoms with Crippen molar-refractivity contribution in [2.75, 3.05) is 43.5 Å². The maximum atomic E-state index is 14.5. The predicted molar refractivity (Wildman–Crippen MR) is 143 cm³/mol. The van der Waals surface area contributed by atoms with Gasteiger partial charge in [-0.1, -0.05) is 25.8 Å². The number of carbonyl (C=O) groups is 1. The van der Waals surface area contributed by atoms with Crippen molar-refractivity contribution < 1.29 is 23.0 Å². The first kappa shape index (κ1) is 27.0. The summed E-state index contributed by atoms with van der Waals surface area (Å²) in [5.74, 6) is 0.391. The van der Waals surface area contributed by atoms with Gasteiger partial charge in [0.25, 0.3) is 0 Å². The number of nitrogens with zero attached hydrogens (tertiary/aromatic N) is 3. The van der Waals surface area contributed by atoms with Gasteiger partial charge in [0.1, 0.15) is 24.0 Å². The first-order valence-electron chi connectivity index (χ1n) is 12.4. The molecular weight excluding hydrogens is 492 g/mol. The summed E-state index contributed by atoms with van der Waals surface area (Å²) in [6.45, 7) is 7.52. The lowest BCUT2D eigenvalue weighted by Crippen LogP contribution is -2.23. The van der Waals surface area contributed by atoms with Crippen LogP contribution in [0, 0.1) is 24.0 Å². The molecule has 0 saturated carbocycles. The van der Waals surface area contributed by atoms with Crippen LogP contribution in [-0.2, 0) is 9.53 Å². The molecule has 0 radical (unpaired) electrons. The van der Waals surface area contributed by atoms with Gasteiger partial charge in [0.05, 0.1) is 30.1 Å². The maximum absolute atomic E-state index is 14.5. The first-order chi connectivity index (χ1) is 18.4. The van der Waals surface area contributed by atoms with E-state index in [-0.39, 0.29) is 29.1 Å². The highest BCUT2D eigenvalue weighted by atomic mass is 19.2. The van der Waals surface area contributed by atoms with E-state index in [1.807, 2.05) is 0 Å². The Hall–Kier alpha value is -4.07. The molecule has 4 rings (SSSR count). The largest absolute Gasteiger partial charge is 0.486 e. The number of amides is 1. The van der Waals surface area contributed by atoms with Crippen molar-refractivity contribution in [3.63, 3.8) is 0 Å². The first-order valence-corrected chi connectivity index (χ1v) is 12.4. The number of fused-ring (bicyclic) bond motifs is 1. The number of terminal acetylenes is 1. The number of hydrogen-bond acceptors (Lipinski definition) is 7. The van der Waals surface area contributed by atoms with Crippen LogP contribution >= 0.6 is 0 Å². The fourth-order valence-electron chi connectivity index (χ4n) is 4.02. The third-order valence-corrected chi connectivity index (χ3v) is 6.15. The maximum Gasteiger partial charge on any atom is 0.248 e. The fraction of sp³-hybridized carbons (Fsp3) is 0.321. The zero-order valence-corrected chi connectivity index (χ0v) is 21.3. The molecule has 1 saturated heterocycles. The van der Waals surface area contributed by atoms with E-state index in [1.165, 1.54) is 18.5 Å². The number of rotatable bonds is 10. The van der Waals surface area contributed by atoms with E-state index in [9.17, 15) is 13.6 Å². The average molecular weight is 522 g/mol. The van der Waals surface area contributed by atoms with Crippen molar-refractivity contribution in [3.8, 4) is 18.1 Å². The summed E-state index contributed by atoms with van der Waals surface area (Å²) < 4.78 is 40.1. The molecule has 38 heavy (non-hydrogen) atoms. The van der Waals surface area contributed by atoms with Crippen molar-refractivity contribution in [1.29, 1.82) is 0 Å². The molecule has 1 atom stereocenters. The van der Waals surface area contributed by atoms with Gasteiger partial charge in [0.2, 0.25) is 5.91 Å². The summed E-state index contributed by atoms with van der Waals surface area (Å²) in [7, 11) is 0.